The highest BCUT2D eigenvalue weighted by molar-refractivity contribution is 6.32. The molecule has 1 heterocycles. The molecular formula is C16H14Cl2N2O4. The van der Waals surface area contributed by atoms with E-state index in [4.69, 9.17) is 32.7 Å². The molecule has 6 nitrogen and oxygen atoms in total. The number of carbonyl (C=O) groups is 2. The van der Waals surface area contributed by atoms with Crippen molar-refractivity contribution in [2.24, 2.45) is 0 Å². The van der Waals surface area contributed by atoms with Crippen LogP contribution in [0.5, 0.6) is 5.75 Å². The largest absolute Gasteiger partial charge is 0.479 e. The van der Waals surface area contributed by atoms with Gasteiger partial charge in [-0.3, -0.25) is 4.79 Å². The molecule has 0 aliphatic heterocycles. The molecule has 1 aromatic carbocycles. The Morgan fingerprint density at radius 1 is 1.21 bits per heavy atom. The predicted molar refractivity (Wildman–Crippen MR) is 90.4 cm³/mol. The summed E-state index contributed by atoms with van der Waals surface area (Å²) in [6.07, 6.45) is 0.620. The van der Waals surface area contributed by atoms with Crippen molar-refractivity contribution in [3.05, 3.63) is 52.8 Å². The van der Waals surface area contributed by atoms with Gasteiger partial charge in [0.2, 0.25) is 0 Å². The first-order valence-electron chi connectivity index (χ1n) is 6.95. The number of nitrogens with one attached hydrogen (secondary N) is 1. The highest BCUT2D eigenvalue weighted by atomic mass is 35.5. The van der Waals surface area contributed by atoms with Crippen molar-refractivity contribution in [2.45, 2.75) is 13.0 Å². The zero-order chi connectivity index (χ0) is 17.5. The molecule has 24 heavy (non-hydrogen) atoms. The number of hydrogen-bond donors (Lipinski definition) is 1. The van der Waals surface area contributed by atoms with Gasteiger partial charge in [0.1, 0.15) is 5.75 Å². The van der Waals surface area contributed by atoms with E-state index in [2.05, 4.69) is 10.3 Å². The van der Waals surface area contributed by atoms with Gasteiger partial charge in [0.25, 0.3) is 5.91 Å². The van der Waals surface area contributed by atoms with Gasteiger partial charge in [-0.25, -0.2) is 9.78 Å². The Balaban J connectivity index is 1.80. The van der Waals surface area contributed by atoms with Gasteiger partial charge in [-0.05, 0) is 43.3 Å². The average molecular weight is 369 g/mol. The molecule has 2 aromatic rings. The summed E-state index contributed by atoms with van der Waals surface area (Å²) in [6, 6.07) is 9.74. The molecule has 0 fully saturated rings. The van der Waals surface area contributed by atoms with Gasteiger partial charge in [0.15, 0.2) is 17.9 Å². The Bertz CT molecular complexity index is 722. The first-order chi connectivity index (χ1) is 11.5. The fraction of sp³-hybridized carbons (Fsp3) is 0.188. The van der Waals surface area contributed by atoms with Gasteiger partial charge < -0.3 is 14.8 Å². The second-order valence-electron chi connectivity index (χ2n) is 4.71. The number of aromatic nitrogens is 1. The topological polar surface area (TPSA) is 77.5 Å². The van der Waals surface area contributed by atoms with Crippen LogP contribution >= 0.6 is 23.2 Å². The van der Waals surface area contributed by atoms with E-state index in [-0.39, 0.29) is 5.15 Å². The van der Waals surface area contributed by atoms with Crippen molar-refractivity contribution < 1.29 is 19.1 Å². The normalized spacial score (nSPS) is 11.5. The Morgan fingerprint density at radius 3 is 2.58 bits per heavy atom. The molecule has 126 valence electrons. The number of benzene rings is 1. The number of carbonyl (C=O) groups excluding carboxylic acids is 2. The molecule has 1 amide bonds. The van der Waals surface area contributed by atoms with Gasteiger partial charge in [-0.1, -0.05) is 23.2 Å². The van der Waals surface area contributed by atoms with Crippen LogP contribution in [0.4, 0.5) is 5.69 Å². The summed E-state index contributed by atoms with van der Waals surface area (Å²) in [7, 11) is 0. The molecule has 0 spiro atoms. The first-order valence-corrected chi connectivity index (χ1v) is 7.70. The van der Waals surface area contributed by atoms with Gasteiger partial charge >= 0.3 is 5.97 Å². The second kappa shape index (κ2) is 8.52. The number of nitrogens with zero attached hydrogens (tertiary/aromatic N) is 1. The van der Waals surface area contributed by atoms with Crippen LogP contribution in [0, 0.1) is 0 Å². The second-order valence-corrected chi connectivity index (χ2v) is 5.51. The van der Waals surface area contributed by atoms with Crippen molar-refractivity contribution in [3.8, 4) is 5.75 Å². The summed E-state index contributed by atoms with van der Waals surface area (Å²) in [4.78, 5) is 27.4. The third-order valence-electron chi connectivity index (χ3n) is 2.84. The fourth-order valence-corrected chi connectivity index (χ4v) is 1.98. The standard InChI is InChI=1S/C16H14Cl2N2O4/c1-10(24-12-6-4-11(17)5-7-12)16(22)23-9-14(21)20-13-3-2-8-19-15(13)18/h2-8,10H,9H2,1H3,(H,20,21)/t10-/m1/s1. The molecule has 0 radical (unpaired) electrons. The molecule has 2 rings (SSSR count). The lowest BCUT2D eigenvalue weighted by molar-refractivity contribution is -0.153. The minimum Gasteiger partial charge on any atom is -0.479 e. The van der Waals surface area contributed by atoms with E-state index in [0.717, 1.165) is 0 Å². The highest BCUT2D eigenvalue weighted by Crippen LogP contribution is 2.18. The zero-order valence-corrected chi connectivity index (χ0v) is 14.2. The maximum atomic E-state index is 11.8. The van der Waals surface area contributed by atoms with Crippen LogP contribution in [0.2, 0.25) is 10.2 Å². The number of amides is 1. The summed E-state index contributed by atoms with van der Waals surface area (Å²) in [5, 5.41) is 3.20. The Kier molecular flexibility index (Phi) is 6.40. The van der Waals surface area contributed by atoms with Gasteiger partial charge in [-0.15, -0.1) is 0 Å². The lowest BCUT2D eigenvalue weighted by Crippen LogP contribution is -2.29. The van der Waals surface area contributed by atoms with Crippen molar-refractivity contribution in [1.29, 1.82) is 0 Å². The quantitative estimate of drug-likeness (QED) is 0.624. The highest BCUT2D eigenvalue weighted by Gasteiger charge is 2.18. The zero-order valence-electron chi connectivity index (χ0n) is 12.7. The lowest BCUT2D eigenvalue weighted by atomic mass is 10.3. The molecule has 0 bridgehead atoms. The number of rotatable bonds is 6. The molecular weight excluding hydrogens is 355 g/mol. The number of halogens is 2. The van der Waals surface area contributed by atoms with Crippen molar-refractivity contribution in [2.75, 3.05) is 11.9 Å². The van der Waals surface area contributed by atoms with Crippen LogP contribution in [0.1, 0.15) is 6.92 Å². The van der Waals surface area contributed by atoms with Crippen LogP contribution in [-0.4, -0.2) is 29.6 Å². The molecule has 1 N–H and O–H groups in total. The molecule has 0 saturated heterocycles. The SMILES string of the molecule is C[C@@H](Oc1ccc(Cl)cc1)C(=O)OCC(=O)Nc1cccnc1Cl. The molecule has 0 aliphatic rings. The number of anilines is 1. The monoisotopic (exact) mass is 368 g/mol. The summed E-state index contributed by atoms with van der Waals surface area (Å²) in [6.45, 7) is 1.06. The van der Waals surface area contributed by atoms with E-state index in [9.17, 15) is 9.59 Å². The van der Waals surface area contributed by atoms with Crippen LogP contribution in [0.3, 0.4) is 0 Å². The lowest BCUT2D eigenvalue weighted by Gasteiger charge is -2.14. The Morgan fingerprint density at radius 2 is 1.92 bits per heavy atom. The minimum absolute atomic E-state index is 0.150. The van der Waals surface area contributed by atoms with Crippen molar-refractivity contribution in [1.82, 2.24) is 4.98 Å². The summed E-state index contributed by atoms with van der Waals surface area (Å²) >= 11 is 11.6. The molecule has 0 unspecified atom stereocenters. The molecule has 0 aliphatic carbocycles. The van der Waals surface area contributed by atoms with E-state index < -0.39 is 24.6 Å². The maximum absolute atomic E-state index is 11.8. The third kappa shape index (κ3) is 5.40. The fourth-order valence-electron chi connectivity index (χ4n) is 1.68. The van der Waals surface area contributed by atoms with E-state index >= 15 is 0 Å². The van der Waals surface area contributed by atoms with Crippen LogP contribution in [0.25, 0.3) is 0 Å². The Hall–Kier alpha value is -2.31. The summed E-state index contributed by atoms with van der Waals surface area (Å²) in [5.74, 6) is -0.732. The Labute approximate surface area is 148 Å². The van der Waals surface area contributed by atoms with E-state index in [1.54, 1.807) is 36.4 Å². The predicted octanol–water partition coefficient (Wildman–Crippen LogP) is 3.34. The first kappa shape index (κ1) is 18.0. The third-order valence-corrected chi connectivity index (χ3v) is 3.39. The van der Waals surface area contributed by atoms with Crippen LogP contribution < -0.4 is 10.1 Å². The average Bonchev–Trinajstić information content (AvgIpc) is 2.57. The smallest absolute Gasteiger partial charge is 0.347 e. The number of ether oxygens (including phenoxy) is 2. The summed E-state index contributed by atoms with van der Waals surface area (Å²) in [5.41, 5.74) is 0.339. The van der Waals surface area contributed by atoms with E-state index in [1.165, 1.54) is 13.1 Å². The van der Waals surface area contributed by atoms with Crippen molar-refractivity contribution in [3.63, 3.8) is 0 Å². The van der Waals surface area contributed by atoms with Crippen LogP contribution in [0.15, 0.2) is 42.6 Å². The van der Waals surface area contributed by atoms with Gasteiger partial charge in [0, 0.05) is 11.2 Å². The van der Waals surface area contributed by atoms with Crippen LogP contribution in [-0.2, 0) is 14.3 Å². The molecule has 0 saturated carbocycles. The summed E-state index contributed by atoms with van der Waals surface area (Å²) < 4.78 is 10.3. The van der Waals surface area contributed by atoms with Crippen molar-refractivity contribution >= 4 is 40.8 Å². The number of hydrogen-bond acceptors (Lipinski definition) is 5. The van der Waals surface area contributed by atoms with E-state index in [1.807, 2.05) is 0 Å². The maximum Gasteiger partial charge on any atom is 0.347 e. The molecule has 1 aromatic heterocycles. The van der Waals surface area contributed by atoms with Gasteiger partial charge in [0.05, 0.1) is 5.69 Å². The van der Waals surface area contributed by atoms with E-state index in [0.29, 0.717) is 16.5 Å². The number of esters is 1. The minimum atomic E-state index is -0.874. The molecule has 8 heteroatoms. The number of pyridine rings is 1. The molecule has 1 atom stereocenters. The van der Waals surface area contributed by atoms with Gasteiger partial charge in [-0.2, -0.15) is 0 Å².